The van der Waals surface area contributed by atoms with Crippen LogP contribution in [0.2, 0.25) is 0 Å². The lowest BCUT2D eigenvalue weighted by Crippen LogP contribution is -2.41. The monoisotopic (exact) mass is 295 g/mol. The molecule has 1 aromatic carbocycles. The minimum absolute atomic E-state index is 0.0999. The molecule has 0 bridgehead atoms. The summed E-state index contributed by atoms with van der Waals surface area (Å²) in [5.74, 6) is -1.30. The average molecular weight is 295 g/mol. The van der Waals surface area contributed by atoms with Crippen molar-refractivity contribution in [3.8, 4) is 0 Å². The molecule has 2 rings (SSSR count). The van der Waals surface area contributed by atoms with Crippen LogP contribution in [0.4, 0.5) is 4.39 Å². The number of carbonyl (C=O) groups excluding carboxylic acids is 1. The largest absolute Gasteiger partial charge is 0.494 e. The highest BCUT2D eigenvalue weighted by Gasteiger charge is 2.51. The molecule has 7 heteroatoms. The molecule has 1 amide bonds. The molecule has 1 fully saturated rings. The molecule has 0 atom stereocenters. The Morgan fingerprint density at radius 3 is 2.29 bits per heavy atom. The van der Waals surface area contributed by atoms with E-state index in [0.717, 1.165) is 0 Å². The van der Waals surface area contributed by atoms with E-state index >= 15 is 0 Å². The average Bonchev–Trinajstić information content (AvgIpc) is 2.58. The van der Waals surface area contributed by atoms with Gasteiger partial charge in [-0.25, -0.2) is 9.87 Å². The molecule has 0 radical (unpaired) electrons. The van der Waals surface area contributed by atoms with Crippen molar-refractivity contribution >= 4 is 18.5 Å². The van der Waals surface area contributed by atoms with Crippen molar-refractivity contribution in [3.63, 3.8) is 0 Å². The van der Waals surface area contributed by atoms with Crippen molar-refractivity contribution in [1.82, 2.24) is 5.48 Å². The van der Waals surface area contributed by atoms with E-state index in [0.29, 0.717) is 5.46 Å². The third-order valence-electron chi connectivity index (χ3n) is 3.96. The van der Waals surface area contributed by atoms with E-state index in [2.05, 4.69) is 10.3 Å². The van der Waals surface area contributed by atoms with Crippen molar-refractivity contribution < 1.29 is 23.3 Å². The summed E-state index contributed by atoms with van der Waals surface area (Å²) >= 11 is 0. The summed E-state index contributed by atoms with van der Waals surface area (Å²) in [7, 11) is 0.623. The molecule has 5 nitrogen and oxygen atoms in total. The van der Waals surface area contributed by atoms with Gasteiger partial charge in [-0.15, -0.1) is 0 Å². The van der Waals surface area contributed by atoms with Gasteiger partial charge in [0.1, 0.15) is 5.82 Å². The van der Waals surface area contributed by atoms with Crippen LogP contribution in [0.3, 0.4) is 0 Å². The highest BCUT2D eigenvalue weighted by atomic mass is 19.1. The first-order valence-corrected chi connectivity index (χ1v) is 6.66. The number of carbonyl (C=O) groups is 1. The van der Waals surface area contributed by atoms with Gasteiger partial charge in [-0.1, -0.05) is 6.07 Å². The summed E-state index contributed by atoms with van der Waals surface area (Å²) in [6.07, 6.45) is 0. The molecule has 1 saturated heterocycles. The summed E-state index contributed by atoms with van der Waals surface area (Å²) in [5.41, 5.74) is 1.50. The number of benzene rings is 1. The third kappa shape index (κ3) is 2.95. The van der Waals surface area contributed by atoms with Crippen LogP contribution in [0.15, 0.2) is 18.2 Å². The summed E-state index contributed by atoms with van der Waals surface area (Å²) in [4.78, 5) is 16.0. The second kappa shape index (κ2) is 5.40. The molecule has 21 heavy (non-hydrogen) atoms. The van der Waals surface area contributed by atoms with Crippen LogP contribution < -0.4 is 10.9 Å². The first kappa shape index (κ1) is 15.9. The van der Waals surface area contributed by atoms with Gasteiger partial charge in [-0.05, 0) is 45.3 Å². The van der Waals surface area contributed by atoms with E-state index in [4.69, 9.17) is 9.31 Å². The van der Waals surface area contributed by atoms with Crippen molar-refractivity contribution in [2.24, 2.45) is 0 Å². The standard InChI is InChI=1S/C14H19BFNO4/c1-13(2)14(3,4)21-15(20-13)9-6-7-10(11(16)8-9)12(18)17-19-5/h6-8H,1-5H3,(H,17,18). The maximum absolute atomic E-state index is 14.0. The molecule has 0 aliphatic carbocycles. The number of rotatable bonds is 3. The SMILES string of the molecule is CONC(=O)c1ccc(B2OC(C)(C)C(C)(C)O2)cc1F. The van der Waals surface area contributed by atoms with E-state index in [1.807, 2.05) is 27.7 Å². The lowest BCUT2D eigenvalue weighted by atomic mass is 9.78. The highest BCUT2D eigenvalue weighted by molar-refractivity contribution is 6.62. The zero-order valence-corrected chi connectivity index (χ0v) is 12.8. The highest BCUT2D eigenvalue weighted by Crippen LogP contribution is 2.36. The number of amides is 1. The van der Waals surface area contributed by atoms with E-state index in [-0.39, 0.29) is 5.56 Å². The van der Waals surface area contributed by atoms with Crippen molar-refractivity contribution in [3.05, 3.63) is 29.6 Å². The first-order valence-electron chi connectivity index (χ1n) is 6.66. The van der Waals surface area contributed by atoms with E-state index in [9.17, 15) is 9.18 Å². The van der Waals surface area contributed by atoms with Gasteiger partial charge in [-0.2, -0.15) is 0 Å². The summed E-state index contributed by atoms with van der Waals surface area (Å²) < 4.78 is 25.7. The van der Waals surface area contributed by atoms with Crippen LogP contribution >= 0.6 is 0 Å². The van der Waals surface area contributed by atoms with Crippen molar-refractivity contribution in [2.45, 2.75) is 38.9 Å². The Kier molecular flexibility index (Phi) is 4.10. The maximum Gasteiger partial charge on any atom is 0.494 e. The molecule has 1 aliphatic heterocycles. The second-order valence-electron chi connectivity index (χ2n) is 5.96. The quantitative estimate of drug-likeness (QED) is 0.677. The van der Waals surface area contributed by atoms with Crippen LogP contribution in [0.5, 0.6) is 0 Å². The number of nitrogens with one attached hydrogen (secondary N) is 1. The predicted octanol–water partition coefficient (Wildman–Crippen LogP) is 1.42. The third-order valence-corrected chi connectivity index (χ3v) is 3.96. The van der Waals surface area contributed by atoms with Gasteiger partial charge < -0.3 is 9.31 Å². The van der Waals surface area contributed by atoms with E-state index < -0.39 is 30.0 Å². The molecular weight excluding hydrogens is 276 g/mol. The Labute approximate surface area is 123 Å². The fraction of sp³-hybridized carbons (Fsp3) is 0.500. The minimum Gasteiger partial charge on any atom is -0.399 e. The summed E-state index contributed by atoms with van der Waals surface area (Å²) in [6, 6.07) is 4.23. The van der Waals surface area contributed by atoms with Gasteiger partial charge in [0, 0.05) is 0 Å². The lowest BCUT2D eigenvalue weighted by molar-refractivity contribution is 0.00578. The summed E-state index contributed by atoms with van der Waals surface area (Å²) in [5, 5.41) is 0. The molecular formula is C14H19BFNO4. The number of hydrogen-bond donors (Lipinski definition) is 1. The van der Waals surface area contributed by atoms with Crippen molar-refractivity contribution in [1.29, 1.82) is 0 Å². The predicted molar refractivity (Wildman–Crippen MR) is 76.6 cm³/mol. The Hall–Kier alpha value is -1.44. The molecule has 0 saturated carbocycles. The zero-order valence-electron chi connectivity index (χ0n) is 12.8. The Bertz CT molecular complexity index is 546. The van der Waals surface area contributed by atoms with Gasteiger partial charge in [0.15, 0.2) is 0 Å². The van der Waals surface area contributed by atoms with Gasteiger partial charge in [0.05, 0.1) is 23.9 Å². The van der Waals surface area contributed by atoms with Crippen LogP contribution in [0, 0.1) is 5.82 Å². The van der Waals surface area contributed by atoms with Crippen molar-refractivity contribution in [2.75, 3.05) is 7.11 Å². The zero-order chi connectivity index (χ0) is 15.8. The van der Waals surface area contributed by atoms with E-state index in [1.165, 1.54) is 19.2 Å². The Morgan fingerprint density at radius 1 is 1.24 bits per heavy atom. The Morgan fingerprint density at radius 2 is 1.81 bits per heavy atom. The maximum atomic E-state index is 14.0. The topological polar surface area (TPSA) is 56.8 Å². The van der Waals surface area contributed by atoms with Crippen LogP contribution in [0.1, 0.15) is 38.1 Å². The fourth-order valence-corrected chi connectivity index (χ4v) is 1.99. The number of hydrogen-bond acceptors (Lipinski definition) is 4. The molecule has 1 heterocycles. The summed E-state index contributed by atoms with van der Waals surface area (Å²) in [6.45, 7) is 7.68. The van der Waals surface area contributed by atoms with Crippen LogP contribution in [0.25, 0.3) is 0 Å². The number of halogens is 1. The van der Waals surface area contributed by atoms with E-state index in [1.54, 1.807) is 6.07 Å². The lowest BCUT2D eigenvalue weighted by Gasteiger charge is -2.32. The van der Waals surface area contributed by atoms with Gasteiger partial charge in [0.25, 0.3) is 5.91 Å². The molecule has 1 aromatic rings. The van der Waals surface area contributed by atoms with Crippen LogP contribution in [-0.4, -0.2) is 31.3 Å². The molecule has 114 valence electrons. The second-order valence-corrected chi connectivity index (χ2v) is 5.96. The Balaban J connectivity index is 2.24. The van der Waals surface area contributed by atoms with Crippen LogP contribution in [-0.2, 0) is 14.1 Å². The minimum atomic E-state index is -0.663. The molecule has 0 spiro atoms. The fourth-order valence-electron chi connectivity index (χ4n) is 1.99. The molecule has 0 unspecified atom stereocenters. The van der Waals surface area contributed by atoms with Gasteiger partial charge >= 0.3 is 7.12 Å². The first-order chi connectivity index (χ1) is 9.68. The number of hydroxylamine groups is 1. The van der Waals surface area contributed by atoms with Gasteiger partial charge in [-0.3, -0.25) is 9.63 Å². The normalized spacial score (nSPS) is 19.6. The molecule has 1 N–H and O–H groups in total. The molecule has 0 aromatic heterocycles. The smallest absolute Gasteiger partial charge is 0.399 e. The molecule has 1 aliphatic rings. The van der Waals surface area contributed by atoms with Gasteiger partial charge in [0.2, 0.25) is 0 Å².